The van der Waals surface area contributed by atoms with Gasteiger partial charge in [0.1, 0.15) is 18.1 Å². The van der Waals surface area contributed by atoms with Crippen molar-refractivity contribution in [3.05, 3.63) is 109 Å². The molecular formula is C29H26N3+. The minimum absolute atomic E-state index is 0.503. The van der Waals surface area contributed by atoms with E-state index < -0.39 is 0 Å². The highest BCUT2D eigenvalue weighted by molar-refractivity contribution is 6.09. The number of imidazole rings is 1. The molecule has 0 saturated heterocycles. The van der Waals surface area contributed by atoms with Crippen molar-refractivity contribution in [3.63, 3.8) is 0 Å². The summed E-state index contributed by atoms with van der Waals surface area (Å²) in [7, 11) is 2.14. The van der Waals surface area contributed by atoms with Gasteiger partial charge in [-0.05, 0) is 48.7 Å². The van der Waals surface area contributed by atoms with Gasteiger partial charge >= 0.3 is 0 Å². The third-order valence-electron chi connectivity index (χ3n) is 6.64. The number of aromatic nitrogens is 3. The van der Waals surface area contributed by atoms with Gasteiger partial charge in [-0.2, -0.15) is 4.57 Å². The van der Waals surface area contributed by atoms with Crippen LogP contribution in [0.15, 0.2) is 103 Å². The summed E-state index contributed by atoms with van der Waals surface area (Å²) in [6, 6.07) is 26.2. The fourth-order valence-corrected chi connectivity index (χ4v) is 5.04. The summed E-state index contributed by atoms with van der Waals surface area (Å²) < 4.78 is 6.93. The molecule has 0 N–H and O–H groups in total. The van der Waals surface area contributed by atoms with Crippen molar-refractivity contribution in [3.8, 4) is 11.4 Å². The fraction of sp³-hybridized carbons (Fsp3) is 0.138. The molecule has 3 nitrogen and oxygen atoms in total. The minimum Gasteiger partial charge on any atom is -0.309 e. The molecule has 5 aromatic rings. The zero-order chi connectivity index (χ0) is 21.7. The lowest BCUT2D eigenvalue weighted by molar-refractivity contribution is -0.673. The van der Waals surface area contributed by atoms with Gasteiger partial charge in [0.15, 0.2) is 0 Å². The van der Waals surface area contributed by atoms with E-state index in [1.807, 2.05) is 0 Å². The smallest absolute Gasteiger partial charge is 0.289 e. The number of hydrogen-bond donors (Lipinski definition) is 0. The number of para-hydroxylation sites is 2. The van der Waals surface area contributed by atoms with Crippen molar-refractivity contribution >= 4 is 27.4 Å². The first-order valence-corrected chi connectivity index (χ1v) is 11.3. The van der Waals surface area contributed by atoms with Gasteiger partial charge in [0.25, 0.3) is 5.82 Å². The molecule has 3 heteroatoms. The van der Waals surface area contributed by atoms with Gasteiger partial charge in [0.05, 0.1) is 18.1 Å². The van der Waals surface area contributed by atoms with Gasteiger partial charge in [-0.1, -0.05) is 61.5 Å². The van der Waals surface area contributed by atoms with Gasteiger partial charge in [-0.25, -0.2) is 4.57 Å². The second-order valence-corrected chi connectivity index (χ2v) is 8.68. The molecule has 2 heterocycles. The van der Waals surface area contributed by atoms with Crippen molar-refractivity contribution in [2.75, 3.05) is 0 Å². The second kappa shape index (κ2) is 7.38. The number of aryl methyl sites for hydroxylation is 1. The highest BCUT2D eigenvalue weighted by atomic mass is 15.1. The molecule has 1 aliphatic carbocycles. The monoisotopic (exact) mass is 416 g/mol. The molecule has 1 aliphatic rings. The normalized spacial score (nSPS) is 16.1. The van der Waals surface area contributed by atoms with Crippen LogP contribution in [0.4, 0.5) is 0 Å². The highest BCUT2D eigenvalue weighted by Gasteiger charge is 2.26. The first-order valence-electron chi connectivity index (χ1n) is 11.3. The lowest BCUT2D eigenvalue weighted by atomic mass is 9.92. The Morgan fingerprint density at radius 2 is 1.62 bits per heavy atom. The quantitative estimate of drug-likeness (QED) is 0.303. The van der Waals surface area contributed by atoms with E-state index in [2.05, 4.69) is 131 Å². The Morgan fingerprint density at radius 1 is 0.844 bits per heavy atom. The molecule has 0 bridgehead atoms. The minimum atomic E-state index is 0.503. The molecule has 1 atom stereocenters. The number of hydrogen-bond acceptors (Lipinski definition) is 0. The molecule has 3 aromatic carbocycles. The number of fused-ring (bicyclic) bond motifs is 3. The summed E-state index contributed by atoms with van der Waals surface area (Å²) in [6.07, 6.45) is 12.1. The van der Waals surface area contributed by atoms with Crippen LogP contribution in [0.2, 0.25) is 0 Å². The van der Waals surface area contributed by atoms with Crippen LogP contribution in [0, 0.1) is 5.92 Å². The molecule has 0 spiro atoms. The molecule has 0 amide bonds. The van der Waals surface area contributed by atoms with E-state index in [1.54, 1.807) is 0 Å². The van der Waals surface area contributed by atoms with Crippen LogP contribution < -0.4 is 4.57 Å². The molecule has 0 aliphatic heterocycles. The predicted molar refractivity (Wildman–Crippen MR) is 132 cm³/mol. The lowest BCUT2D eigenvalue weighted by Crippen LogP contribution is -2.32. The van der Waals surface area contributed by atoms with E-state index in [9.17, 15) is 0 Å². The highest BCUT2D eigenvalue weighted by Crippen LogP contribution is 2.34. The Morgan fingerprint density at radius 3 is 2.47 bits per heavy atom. The van der Waals surface area contributed by atoms with Crippen molar-refractivity contribution in [2.24, 2.45) is 13.0 Å². The third kappa shape index (κ3) is 2.85. The lowest BCUT2D eigenvalue weighted by Gasteiger charge is -2.15. The van der Waals surface area contributed by atoms with E-state index >= 15 is 0 Å². The summed E-state index contributed by atoms with van der Waals surface area (Å²) in [5.41, 5.74) is 6.22. The van der Waals surface area contributed by atoms with E-state index in [0.717, 1.165) is 6.42 Å². The van der Waals surface area contributed by atoms with Gasteiger partial charge < -0.3 is 4.57 Å². The fourth-order valence-electron chi connectivity index (χ4n) is 5.04. The molecule has 6 rings (SSSR count). The molecule has 0 saturated carbocycles. The largest absolute Gasteiger partial charge is 0.309 e. The number of nitrogens with zero attached hydrogens (tertiary/aromatic N) is 3. The first-order chi connectivity index (χ1) is 15.7. The second-order valence-electron chi connectivity index (χ2n) is 8.68. The van der Waals surface area contributed by atoms with Crippen LogP contribution in [-0.2, 0) is 7.05 Å². The number of allylic oxidation sites excluding steroid dienone is 4. The Kier molecular flexibility index (Phi) is 4.36. The van der Waals surface area contributed by atoms with Crippen LogP contribution >= 0.6 is 0 Å². The summed E-state index contributed by atoms with van der Waals surface area (Å²) in [5.74, 6) is 1.75. The zero-order valence-corrected chi connectivity index (χ0v) is 18.4. The summed E-state index contributed by atoms with van der Waals surface area (Å²) >= 11 is 0. The van der Waals surface area contributed by atoms with Crippen LogP contribution in [0.5, 0.6) is 0 Å². The first kappa shape index (κ1) is 18.9. The van der Waals surface area contributed by atoms with Crippen molar-refractivity contribution in [1.82, 2.24) is 9.13 Å². The Bertz CT molecular complexity index is 1510. The maximum Gasteiger partial charge on any atom is 0.289 e. The zero-order valence-electron chi connectivity index (χ0n) is 18.4. The maximum atomic E-state index is 2.36. The molecule has 32 heavy (non-hydrogen) atoms. The van der Waals surface area contributed by atoms with Crippen LogP contribution in [-0.4, -0.2) is 9.13 Å². The molecule has 156 valence electrons. The van der Waals surface area contributed by atoms with Crippen LogP contribution in [0.1, 0.15) is 19.2 Å². The number of benzene rings is 3. The van der Waals surface area contributed by atoms with Gasteiger partial charge in [0, 0.05) is 22.0 Å². The van der Waals surface area contributed by atoms with E-state index in [0.29, 0.717) is 5.92 Å². The molecule has 0 radical (unpaired) electrons. The Balaban J connectivity index is 1.60. The molecule has 2 aromatic heterocycles. The maximum absolute atomic E-state index is 2.36. The van der Waals surface area contributed by atoms with Crippen molar-refractivity contribution in [2.45, 2.75) is 13.3 Å². The van der Waals surface area contributed by atoms with Gasteiger partial charge in [0.2, 0.25) is 0 Å². The van der Waals surface area contributed by atoms with E-state index in [4.69, 9.17) is 0 Å². The average Bonchev–Trinajstić information content (AvgIpc) is 3.37. The standard InChI is InChI=1S/C29H26N3/c1-21-10-6-7-13-24(21)29-30(2)18-19-31(29)23-16-17-28-26(20-23)25-14-8-9-15-27(25)32(28)22-11-4-3-5-12-22/h3-9,11-21H,10H2,1-2H3/q+1. The SMILES string of the molecule is CC1CC=CC=C1c1n(-c2ccc3c(c2)c2ccccc2n3-c2ccccc2)cc[n+]1C. The van der Waals surface area contributed by atoms with Gasteiger partial charge in [-0.3, -0.25) is 0 Å². The molecular weight excluding hydrogens is 390 g/mol. The molecule has 0 fully saturated rings. The van der Waals surface area contributed by atoms with Crippen LogP contribution in [0.25, 0.3) is 38.8 Å². The van der Waals surface area contributed by atoms with Crippen LogP contribution in [0.3, 0.4) is 0 Å². The van der Waals surface area contributed by atoms with Crippen molar-refractivity contribution < 1.29 is 4.57 Å². The predicted octanol–water partition coefficient (Wildman–Crippen LogP) is 6.38. The average molecular weight is 417 g/mol. The number of rotatable bonds is 3. The summed E-state index contributed by atoms with van der Waals surface area (Å²) in [6.45, 7) is 2.31. The molecule has 1 unspecified atom stereocenters. The topological polar surface area (TPSA) is 13.7 Å². The Labute approximate surface area is 188 Å². The van der Waals surface area contributed by atoms with E-state index in [1.165, 1.54) is 44.6 Å². The summed E-state index contributed by atoms with van der Waals surface area (Å²) in [4.78, 5) is 0. The third-order valence-corrected chi connectivity index (χ3v) is 6.64. The Hall–Kier alpha value is -3.85. The van der Waals surface area contributed by atoms with E-state index in [-0.39, 0.29) is 0 Å². The van der Waals surface area contributed by atoms with Crippen molar-refractivity contribution in [1.29, 1.82) is 0 Å². The summed E-state index contributed by atoms with van der Waals surface area (Å²) in [5, 5.41) is 2.55. The van der Waals surface area contributed by atoms with Gasteiger partial charge in [-0.15, -0.1) is 0 Å².